The first-order chi connectivity index (χ1) is 6.09. The van der Waals surface area contributed by atoms with Gasteiger partial charge in [-0.15, -0.1) is 0 Å². The molecule has 1 aromatic heterocycles. The number of carboxylic acid groups (broad SMARTS) is 1. The fourth-order valence-corrected chi connectivity index (χ4v) is 1.29. The van der Waals surface area contributed by atoms with Crippen molar-refractivity contribution in [2.45, 2.75) is 24.3 Å². The highest BCUT2D eigenvalue weighted by Gasteiger charge is 2.13. The third-order valence-electron chi connectivity index (χ3n) is 1.39. The van der Waals surface area contributed by atoms with Gasteiger partial charge < -0.3 is 5.11 Å². The Morgan fingerprint density at radius 2 is 2.08 bits per heavy atom. The Balaban J connectivity index is 2.64. The molecule has 1 aromatic rings. The molecule has 0 saturated heterocycles. The van der Waals surface area contributed by atoms with Crippen molar-refractivity contribution in [3.63, 3.8) is 0 Å². The average molecular weight is 198 g/mol. The van der Waals surface area contributed by atoms with Crippen molar-refractivity contribution < 1.29 is 9.90 Å². The van der Waals surface area contributed by atoms with Crippen molar-refractivity contribution in [2.24, 2.45) is 0 Å². The van der Waals surface area contributed by atoms with Gasteiger partial charge in [-0.3, -0.25) is 4.79 Å². The van der Waals surface area contributed by atoms with E-state index in [1.807, 2.05) is 6.92 Å². The van der Waals surface area contributed by atoms with Crippen LogP contribution >= 0.6 is 11.8 Å². The second-order valence-electron chi connectivity index (χ2n) is 2.64. The number of carboxylic acids is 1. The highest BCUT2D eigenvalue weighted by atomic mass is 32.2. The van der Waals surface area contributed by atoms with Crippen LogP contribution in [-0.4, -0.2) is 26.3 Å². The third-order valence-corrected chi connectivity index (χ3v) is 2.36. The van der Waals surface area contributed by atoms with Crippen molar-refractivity contribution in [2.75, 3.05) is 0 Å². The van der Waals surface area contributed by atoms with E-state index in [-0.39, 0.29) is 0 Å². The summed E-state index contributed by atoms with van der Waals surface area (Å²) in [7, 11) is 0. The van der Waals surface area contributed by atoms with Crippen LogP contribution in [-0.2, 0) is 4.79 Å². The normalized spacial score (nSPS) is 12.5. The van der Waals surface area contributed by atoms with E-state index in [0.717, 1.165) is 17.3 Å². The van der Waals surface area contributed by atoms with Gasteiger partial charge in [0.15, 0.2) is 5.16 Å². The fourth-order valence-electron chi connectivity index (χ4n) is 0.650. The van der Waals surface area contributed by atoms with Crippen molar-refractivity contribution in [1.29, 1.82) is 0 Å². The van der Waals surface area contributed by atoms with Gasteiger partial charge in [-0.2, -0.15) is 0 Å². The van der Waals surface area contributed by atoms with Crippen LogP contribution in [0.25, 0.3) is 0 Å². The molecule has 0 radical (unpaired) electrons. The lowest BCUT2D eigenvalue weighted by Crippen LogP contribution is -2.11. The number of nitrogens with zero attached hydrogens (tertiary/aromatic N) is 2. The molecule has 1 N–H and O–H groups in total. The second kappa shape index (κ2) is 4.23. The minimum absolute atomic E-state index is 0.500. The number of thioether (sulfide) groups is 1. The number of rotatable bonds is 3. The molecule has 5 heteroatoms. The van der Waals surface area contributed by atoms with E-state index in [1.54, 1.807) is 19.3 Å². The van der Waals surface area contributed by atoms with Gasteiger partial charge in [0.05, 0.1) is 0 Å². The van der Waals surface area contributed by atoms with Crippen LogP contribution in [0.3, 0.4) is 0 Å². The maximum Gasteiger partial charge on any atom is 0.316 e. The molecule has 0 aliphatic carbocycles. The zero-order valence-corrected chi connectivity index (χ0v) is 8.21. The molecule has 0 saturated carbocycles. The summed E-state index contributed by atoms with van der Waals surface area (Å²) in [5.41, 5.74) is 0.965. The lowest BCUT2D eigenvalue weighted by molar-refractivity contribution is -0.136. The molecule has 0 amide bonds. The van der Waals surface area contributed by atoms with Gasteiger partial charge >= 0.3 is 5.97 Å². The first-order valence-electron chi connectivity index (χ1n) is 3.77. The lowest BCUT2D eigenvalue weighted by atomic mass is 10.4. The molecule has 0 aliphatic rings. The molecular formula is C8H10N2O2S. The van der Waals surface area contributed by atoms with E-state index in [4.69, 9.17) is 5.11 Å². The van der Waals surface area contributed by atoms with Crippen LogP contribution in [0.1, 0.15) is 12.5 Å². The quantitative estimate of drug-likeness (QED) is 0.586. The summed E-state index contributed by atoms with van der Waals surface area (Å²) >= 11 is 1.14. The largest absolute Gasteiger partial charge is 0.480 e. The van der Waals surface area contributed by atoms with Gasteiger partial charge in [-0.25, -0.2) is 9.97 Å². The van der Waals surface area contributed by atoms with Crippen molar-refractivity contribution in [3.05, 3.63) is 18.0 Å². The van der Waals surface area contributed by atoms with Crippen LogP contribution in [0.4, 0.5) is 0 Å². The van der Waals surface area contributed by atoms with Crippen LogP contribution in [0.2, 0.25) is 0 Å². The molecule has 1 unspecified atom stereocenters. The van der Waals surface area contributed by atoms with Crippen molar-refractivity contribution >= 4 is 17.7 Å². The van der Waals surface area contributed by atoms with Gasteiger partial charge in [0.25, 0.3) is 0 Å². The standard InChI is InChI=1S/C8H10N2O2S/c1-5-3-9-8(10-4-5)13-6(2)7(11)12/h3-4,6H,1-2H3,(H,11,12). The summed E-state index contributed by atoms with van der Waals surface area (Å²) in [4.78, 5) is 18.5. The summed E-state index contributed by atoms with van der Waals surface area (Å²) in [5, 5.41) is 8.61. The van der Waals surface area contributed by atoms with Crippen LogP contribution in [0.15, 0.2) is 17.6 Å². The van der Waals surface area contributed by atoms with Crippen LogP contribution in [0.5, 0.6) is 0 Å². The molecule has 1 rings (SSSR count). The highest BCUT2D eigenvalue weighted by molar-refractivity contribution is 8.00. The van der Waals surface area contributed by atoms with E-state index in [2.05, 4.69) is 9.97 Å². The molecule has 70 valence electrons. The average Bonchev–Trinajstić information content (AvgIpc) is 2.08. The van der Waals surface area contributed by atoms with Crippen molar-refractivity contribution in [3.8, 4) is 0 Å². The van der Waals surface area contributed by atoms with Gasteiger partial charge in [0.1, 0.15) is 5.25 Å². The topological polar surface area (TPSA) is 63.1 Å². The summed E-state index contributed by atoms with van der Waals surface area (Å²) in [6.45, 7) is 3.49. The first kappa shape index (κ1) is 9.98. The molecular weight excluding hydrogens is 188 g/mol. The van der Waals surface area contributed by atoms with E-state index in [0.29, 0.717) is 5.16 Å². The monoisotopic (exact) mass is 198 g/mol. The number of hydrogen-bond acceptors (Lipinski definition) is 4. The molecule has 0 aromatic carbocycles. The number of hydrogen-bond donors (Lipinski definition) is 1. The zero-order valence-electron chi connectivity index (χ0n) is 7.39. The van der Waals surface area contributed by atoms with Gasteiger partial charge in [-0.05, 0) is 19.4 Å². The molecule has 1 atom stereocenters. The minimum Gasteiger partial charge on any atom is -0.480 e. The van der Waals surface area contributed by atoms with Crippen LogP contribution in [0, 0.1) is 6.92 Å². The van der Waals surface area contributed by atoms with Crippen LogP contribution < -0.4 is 0 Å². The summed E-state index contributed by atoms with van der Waals surface area (Å²) in [6.07, 6.45) is 3.34. The zero-order chi connectivity index (χ0) is 9.84. The number of carbonyl (C=O) groups is 1. The fraction of sp³-hybridized carbons (Fsp3) is 0.375. The molecule has 4 nitrogen and oxygen atoms in total. The number of aromatic nitrogens is 2. The minimum atomic E-state index is -0.853. The Hall–Kier alpha value is -1.10. The molecule has 13 heavy (non-hydrogen) atoms. The Morgan fingerprint density at radius 1 is 1.54 bits per heavy atom. The van der Waals surface area contributed by atoms with Gasteiger partial charge in [-0.1, -0.05) is 11.8 Å². The third kappa shape index (κ3) is 3.02. The molecule has 0 bridgehead atoms. The van der Waals surface area contributed by atoms with Gasteiger partial charge in [0, 0.05) is 12.4 Å². The highest BCUT2D eigenvalue weighted by Crippen LogP contribution is 2.18. The Morgan fingerprint density at radius 3 is 2.54 bits per heavy atom. The predicted octanol–water partition coefficient (Wildman–Crippen LogP) is 1.35. The second-order valence-corrected chi connectivity index (χ2v) is 3.95. The molecule has 0 fully saturated rings. The van der Waals surface area contributed by atoms with E-state index in [9.17, 15) is 4.79 Å². The van der Waals surface area contributed by atoms with E-state index < -0.39 is 11.2 Å². The number of aryl methyl sites for hydroxylation is 1. The first-order valence-corrected chi connectivity index (χ1v) is 4.65. The summed E-state index contributed by atoms with van der Waals surface area (Å²) in [6, 6.07) is 0. The molecule has 1 heterocycles. The SMILES string of the molecule is Cc1cnc(SC(C)C(=O)O)nc1. The van der Waals surface area contributed by atoms with E-state index in [1.165, 1.54) is 0 Å². The predicted molar refractivity (Wildman–Crippen MR) is 49.7 cm³/mol. The van der Waals surface area contributed by atoms with E-state index >= 15 is 0 Å². The molecule has 0 spiro atoms. The maximum atomic E-state index is 10.5. The molecule has 0 aliphatic heterocycles. The van der Waals surface area contributed by atoms with Crippen molar-refractivity contribution in [1.82, 2.24) is 9.97 Å². The maximum absolute atomic E-state index is 10.5. The number of aliphatic carboxylic acids is 1. The lowest BCUT2D eigenvalue weighted by Gasteiger charge is -2.03. The summed E-state index contributed by atoms with van der Waals surface area (Å²) < 4.78 is 0. The van der Waals surface area contributed by atoms with Gasteiger partial charge in [0.2, 0.25) is 0 Å². The Bertz CT molecular complexity index is 300. The summed E-state index contributed by atoms with van der Waals surface area (Å²) in [5.74, 6) is -0.853. The Labute approximate surface area is 80.4 Å². The smallest absolute Gasteiger partial charge is 0.316 e. The Kier molecular flexibility index (Phi) is 3.25.